The zero-order valence-corrected chi connectivity index (χ0v) is 15.5. The molecule has 0 radical (unpaired) electrons. The lowest BCUT2D eigenvalue weighted by Crippen LogP contribution is -2.12. The van der Waals surface area contributed by atoms with E-state index in [1.165, 1.54) is 23.1 Å². The predicted molar refractivity (Wildman–Crippen MR) is 96.9 cm³/mol. The van der Waals surface area contributed by atoms with Crippen molar-refractivity contribution >= 4 is 34.1 Å². The molecule has 3 rings (SSSR count). The first-order valence-electron chi connectivity index (χ1n) is 7.80. The van der Waals surface area contributed by atoms with Gasteiger partial charge in [0.05, 0.1) is 11.3 Å². The summed E-state index contributed by atoms with van der Waals surface area (Å²) in [7, 11) is 0. The average molecular weight is 375 g/mol. The van der Waals surface area contributed by atoms with Crippen LogP contribution in [0.15, 0.2) is 33.7 Å². The Balaban J connectivity index is 1.69. The lowest BCUT2D eigenvalue weighted by atomic mass is 10.2. The van der Waals surface area contributed by atoms with Crippen LogP contribution in [0.5, 0.6) is 0 Å². The van der Waals surface area contributed by atoms with Crippen LogP contribution in [0.4, 0.5) is 5.13 Å². The van der Waals surface area contributed by atoms with Crippen molar-refractivity contribution in [1.82, 2.24) is 20.3 Å². The molecule has 25 heavy (non-hydrogen) atoms. The lowest BCUT2D eigenvalue weighted by molar-refractivity contribution is 0.102. The summed E-state index contributed by atoms with van der Waals surface area (Å²) in [6.45, 7) is 3.83. The molecule has 0 fully saturated rings. The second kappa shape index (κ2) is 8.21. The largest absolute Gasteiger partial charge is 0.340 e. The lowest BCUT2D eigenvalue weighted by Gasteiger charge is -2.07. The number of carbonyl (C=O) groups excluding carboxylic acids is 1. The number of nitrogens with one attached hydrogen (secondary N) is 1. The van der Waals surface area contributed by atoms with Gasteiger partial charge in [-0.15, -0.1) is 22.0 Å². The van der Waals surface area contributed by atoms with Crippen LogP contribution < -0.4 is 5.32 Å². The van der Waals surface area contributed by atoms with E-state index >= 15 is 0 Å². The zero-order valence-electron chi connectivity index (χ0n) is 13.9. The number of aryl methyl sites for hydroxylation is 2. The summed E-state index contributed by atoms with van der Waals surface area (Å²) in [4.78, 5) is 17.6. The Morgan fingerprint density at radius 3 is 2.92 bits per heavy atom. The molecule has 0 aliphatic heterocycles. The molecular weight excluding hydrogens is 358 g/mol. The van der Waals surface area contributed by atoms with Gasteiger partial charge in [-0.1, -0.05) is 35.5 Å². The molecule has 3 aromatic rings. The topological polar surface area (TPSA) is 93.8 Å². The van der Waals surface area contributed by atoms with Gasteiger partial charge in [0.25, 0.3) is 5.91 Å². The quantitative estimate of drug-likeness (QED) is 0.629. The van der Waals surface area contributed by atoms with Crippen molar-refractivity contribution in [2.75, 3.05) is 5.32 Å². The van der Waals surface area contributed by atoms with Gasteiger partial charge < -0.3 is 4.52 Å². The molecule has 9 heteroatoms. The first-order valence-corrected chi connectivity index (χ1v) is 9.60. The van der Waals surface area contributed by atoms with Gasteiger partial charge in [0, 0.05) is 18.2 Å². The third-order valence-corrected chi connectivity index (χ3v) is 5.18. The maximum absolute atomic E-state index is 12.6. The fourth-order valence-corrected chi connectivity index (χ4v) is 3.84. The maximum Gasteiger partial charge on any atom is 0.258 e. The van der Waals surface area contributed by atoms with Crippen LogP contribution in [-0.2, 0) is 12.2 Å². The average Bonchev–Trinajstić information content (AvgIpc) is 3.22. The number of rotatable bonds is 7. The number of hydrogen-bond acceptors (Lipinski definition) is 8. The second-order valence-corrected chi connectivity index (χ2v) is 7.30. The minimum atomic E-state index is -0.202. The van der Waals surface area contributed by atoms with Crippen LogP contribution in [-0.4, -0.2) is 26.2 Å². The van der Waals surface area contributed by atoms with E-state index in [2.05, 4.69) is 32.6 Å². The summed E-state index contributed by atoms with van der Waals surface area (Å²) in [6, 6.07) is 7.41. The highest BCUT2D eigenvalue weighted by atomic mass is 32.2. The van der Waals surface area contributed by atoms with Crippen LogP contribution in [0.2, 0.25) is 0 Å². The van der Waals surface area contributed by atoms with Crippen LogP contribution in [0, 0.1) is 6.92 Å². The first-order chi connectivity index (χ1) is 12.2. The van der Waals surface area contributed by atoms with Crippen molar-refractivity contribution in [2.24, 2.45) is 0 Å². The molecule has 0 aliphatic carbocycles. The van der Waals surface area contributed by atoms with Crippen molar-refractivity contribution in [1.29, 1.82) is 0 Å². The van der Waals surface area contributed by atoms with Gasteiger partial charge in [-0.2, -0.15) is 4.98 Å². The molecule has 1 N–H and O–H groups in total. The summed E-state index contributed by atoms with van der Waals surface area (Å²) in [6.07, 6.45) is 1.86. The highest BCUT2D eigenvalue weighted by Gasteiger charge is 2.15. The monoisotopic (exact) mass is 375 g/mol. The maximum atomic E-state index is 12.6. The van der Waals surface area contributed by atoms with Gasteiger partial charge in [-0.25, -0.2) is 0 Å². The second-order valence-electron chi connectivity index (χ2n) is 5.22. The summed E-state index contributed by atoms with van der Waals surface area (Å²) >= 11 is 2.89. The molecule has 130 valence electrons. The number of hydrogen-bond donors (Lipinski definition) is 1. The molecule has 2 heterocycles. The Morgan fingerprint density at radius 2 is 2.16 bits per heavy atom. The summed E-state index contributed by atoms with van der Waals surface area (Å²) in [5.74, 6) is 1.46. The molecule has 7 nitrogen and oxygen atoms in total. The third kappa shape index (κ3) is 4.64. The van der Waals surface area contributed by atoms with E-state index in [1.807, 2.05) is 18.2 Å². The van der Waals surface area contributed by atoms with E-state index < -0.39 is 0 Å². The summed E-state index contributed by atoms with van der Waals surface area (Å²) < 4.78 is 4.96. The molecule has 0 unspecified atom stereocenters. The van der Waals surface area contributed by atoms with E-state index in [0.717, 1.165) is 22.7 Å². The fraction of sp³-hybridized carbons (Fsp3) is 0.312. The molecule has 0 spiro atoms. The molecule has 0 atom stereocenters. The molecule has 0 saturated carbocycles. The van der Waals surface area contributed by atoms with Crippen molar-refractivity contribution in [3.8, 4) is 0 Å². The van der Waals surface area contributed by atoms with Crippen LogP contribution in [0.3, 0.4) is 0 Å². The van der Waals surface area contributed by atoms with Crippen LogP contribution in [0.25, 0.3) is 0 Å². The summed E-state index contributed by atoms with van der Waals surface area (Å²) in [5.41, 5.74) is 0.583. The molecule has 2 aromatic heterocycles. The van der Waals surface area contributed by atoms with Crippen LogP contribution in [0.1, 0.15) is 40.4 Å². The third-order valence-electron chi connectivity index (χ3n) is 3.21. The smallest absolute Gasteiger partial charge is 0.258 e. The number of amides is 1. The van der Waals surface area contributed by atoms with E-state index in [-0.39, 0.29) is 5.91 Å². The Hall–Kier alpha value is -2.26. The van der Waals surface area contributed by atoms with Crippen molar-refractivity contribution < 1.29 is 9.32 Å². The number of anilines is 1. The van der Waals surface area contributed by atoms with Gasteiger partial charge in [-0.3, -0.25) is 10.1 Å². The molecule has 1 amide bonds. The number of nitrogens with zero attached hydrogens (tertiary/aromatic N) is 4. The Morgan fingerprint density at radius 1 is 1.32 bits per heavy atom. The van der Waals surface area contributed by atoms with Gasteiger partial charge in [0.15, 0.2) is 5.82 Å². The minimum Gasteiger partial charge on any atom is -0.340 e. The highest BCUT2D eigenvalue weighted by Crippen LogP contribution is 2.26. The van der Waals surface area contributed by atoms with Gasteiger partial charge in [0.1, 0.15) is 5.01 Å². The zero-order chi connectivity index (χ0) is 17.6. The highest BCUT2D eigenvalue weighted by molar-refractivity contribution is 7.98. The number of benzene rings is 1. The summed E-state index contributed by atoms with van der Waals surface area (Å²) in [5, 5.41) is 16.2. The van der Waals surface area contributed by atoms with Gasteiger partial charge in [-0.05, 0) is 18.6 Å². The Kier molecular flexibility index (Phi) is 5.77. The number of carbonyl (C=O) groups is 1. The first kappa shape index (κ1) is 17.6. The minimum absolute atomic E-state index is 0.202. The van der Waals surface area contributed by atoms with E-state index in [9.17, 15) is 4.79 Å². The van der Waals surface area contributed by atoms with E-state index in [4.69, 9.17) is 4.52 Å². The number of thioether (sulfide) groups is 1. The standard InChI is InChI=1S/C16H17N5O2S2/c1-3-6-14-19-20-16(25-14)18-15(22)11-7-4-5-8-12(11)24-9-13-17-10(2)23-21-13/h4-5,7-8H,3,6,9H2,1-2H3,(H,18,20,22). The molecule has 0 saturated heterocycles. The SMILES string of the molecule is CCCc1nnc(NC(=O)c2ccccc2SCc2noc(C)n2)s1. The number of aromatic nitrogens is 4. The Bertz CT molecular complexity index is 862. The molecule has 0 bridgehead atoms. The van der Waals surface area contributed by atoms with E-state index in [1.54, 1.807) is 13.0 Å². The fourth-order valence-electron chi connectivity index (χ4n) is 2.11. The molecule has 1 aromatic carbocycles. The normalized spacial score (nSPS) is 10.8. The Labute approximate surface area is 153 Å². The predicted octanol–water partition coefficient (Wildman–Crippen LogP) is 3.73. The van der Waals surface area contributed by atoms with Gasteiger partial charge in [0.2, 0.25) is 11.0 Å². The molecular formula is C16H17N5O2S2. The van der Waals surface area contributed by atoms with E-state index in [0.29, 0.717) is 28.2 Å². The van der Waals surface area contributed by atoms with Gasteiger partial charge >= 0.3 is 0 Å². The van der Waals surface area contributed by atoms with Crippen molar-refractivity contribution in [2.45, 2.75) is 37.3 Å². The van der Waals surface area contributed by atoms with Crippen LogP contribution >= 0.6 is 23.1 Å². The van der Waals surface area contributed by atoms with Crippen molar-refractivity contribution in [3.05, 3.63) is 46.6 Å². The molecule has 0 aliphatic rings. The van der Waals surface area contributed by atoms with Crippen molar-refractivity contribution in [3.63, 3.8) is 0 Å².